The van der Waals surface area contributed by atoms with Crippen LogP contribution in [0.3, 0.4) is 0 Å². The third-order valence-corrected chi connectivity index (χ3v) is 7.89. The van der Waals surface area contributed by atoms with Crippen molar-refractivity contribution in [1.82, 2.24) is 19.9 Å². The number of nitrogens with zero attached hydrogens (tertiary/aromatic N) is 5. The third-order valence-electron chi connectivity index (χ3n) is 7.58. The SMILES string of the molecule is COc1cc(N2CCC(N(C)C)C2)c(Cl)cc1Nc1nccc(-c2cnc3c(c2)C(C)(CO)CC3)n1. The highest BCUT2D eigenvalue weighted by Crippen LogP contribution is 2.40. The topological polar surface area (TPSA) is 86.6 Å². The second-order valence-electron chi connectivity index (χ2n) is 10.2. The average Bonchev–Trinajstić information content (AvgIpc) is 3.50. The lowest BCUT2D eigenvalue weighted by molar-refractivity contribution is 0.206. The number of hydrogen-bond acceptors (Lipinski definition) is 8. The number of halogens is 1. The fraction of sp³-hybridized carbons (Fsp3) is 0.444. The molecule has 9 heteroatoms. The number of rotatable bonds is 7. The number of anilines is 3. The van der Waals surface area contributed by atoms with Crippen LogP contribution in [0.5, 0.6) is 5.75 Å². The van der Waals surface area contributed by atoms with Gasteiger partial charge in [-0.25, -0.2) is 9.97 Å². The van der Waals surface area contributed by atoms with Gasteiger partial charge in [0.25, 0.3) is 0 Å². The number of methoxy groups -OCH3 is 1. The van der Waals surface area contributed by atoms with Crippen LogP contribution < -0.4 is 15.0 Å². The first-order valence-corrected chi connectivity index (χ1v) is 12.7. The highest BCUT2D eigenvalue weighted by molar-refractivity contribution is 6.33. The van der Waals surface area contributed by atoms with Gasteiger partial charge in [0.2, 0.25) is 5.95 Å². The summed E-state index contributed by atoms with van der Waals surface area (Å²) in [7, 11) is 5.87. The third kappa shape index (κ3) is 4.61. The number of pyridine rings is 1. The van der Waals surface area contributed by atoms with Crippen LogP contribution in [0.25, 0.3) is 11.3 Å². The minimum atomic E-state index is -0.264. The highest BCUT2D eigenvalue weighted by atomic mass is 35.5. The zero-order valence-electron chi connectivity index (χ0n) is 21.3. The minimum Gasteiger partial charge on any atom is -0.494 e. The van der Waals surface area contributed by atoms with Gasteiger partial charge < -0.3 is 25.0 Å². The Labute approximate surface area is 217 Å². The van der Waals surface area contributed by atoms with Crippen LogP contribution in [0.2, 0.25) is 5.02 Å². The van der Waals surface area contributed by atoms with E-state index in [9.17, 15) is 5.11 Å². The lowest BCUT2D eigenvalue weighted by Crippen LogP contribution is -2.31. The van der Waals surface area contributed by atoms with Crippen LogP contribution in [0.1, 0.15) is 31.0 Å². The number of fused-ring (bicyclic) bond motifs is 1. The largest absolute Gasteiger partial charge is 0.494 e. The average molecular weight is 509 g/mol. The van der Waals surface area contributed by atoms with Crippen LogP contribution in [0, 0.1) is 0 Å². The number of likely N-dealkylation sites (N-methyl/N-ethyl adjacent to an activating group) is 1. The summed E-state index contributed by atoms with van der Waals surface area (Å²) in [6, 6.07) is 8.32. The van der Waals surface area contributed by atoms with E-state index in [-0.39, 0.29) is 12.0 Å². The maximum atomic E-state index is 9.95. The molecular formula is C27H33ClN6O2. The van der Waals surface area contributed by atoms with Crippen LogP contribution >= 0.6 is 11.6 Å². The van der Waals surface area contributed by atoms with Crippen LogP contribution in [0.4, 0.5) is 17.3 Å². The van der Waals surface area contributed by atoms with Gasteiger partial charge in [0, 0.05) is 54.3 Å². The number of aliphatic hydroxyl groups excluding tert-OH is 1. The molecule has 1 aliphatic heterocycles. The van der Waals surface area contributed by atoms with Crippen molar-refractivity contribution in [3.63, 3.8) is 0 Å². The highest BCUT2D eigenvalue weighted by Gasteiger charge is 2.35. The van der Waals surface area contributed by atoms with Gasteiger partial charge in [0.15, 0.2) is 0 Å². The van der Waals surface area contributed by atoms with Gasteiger partial charge in [-0.05, 0) is 57.1 Å². The molecule has 0 bridgehead atoms. The molecule has 0 spiro atoms. The Morgan fingerprint density at radius 2 is 2.11 bits per heavy atom. The Morgan fingerprint density at radius 3 is 2.83 bits per heavy atom. The Morgan fingerprint density at radius 1 is 1.28 bits per heavy atom. The summed E-state index contributed by atoms with van der Waals surface area (Å²) in [5, 5.41) is 13.9. The van der Waals surface area contributed by atoms with Crippen molar-refractivity contribution in [1.29, 1.82) is 0 Å². The van der Waals surface area contributed by atoms with Crippen molar-refractivity contribution in [2.24, 2.45) is 0 Å². The number of nitrogens with one attached hydrogen (secondary N) is 1. The summed E-state index contributed by atoms with van der Waals surface area (Å²) in [5.74, 6) is 1.11. The Kier molecular flexibility index (Phi) is 6.76. The van der Waals surface area contributed by atoms with Gasteiger partial charge in [-0.2, -0.15) is 0 Å². The Bertz CT molecular complexity index is 1270. The molecular weight excluding hydrogens is 476 g/mol. The monoisotopic (exact) mass is 508 g/mol. The quantitative estimate of drug-likeness (QED) is 0.489. The number of ether oxygens (including phenoxy) is 1. The van der Waals surface area contributed by atoms with E-state index in [1.807, 2.05) is 24.4 Å². The molecule has 0 amide bonds. The number of aromatic nitrogens is 3. The summed E-state index contributed by atoms with van der Waals surface area (Å²) in [4.78, 5) is 18.4. The summed E-state index contributed by atoms with van der Waals surface area (Å²) < 4.78 is 5.70. The molecule has 0 radical (unpaired) electrons. The normalized spacial score (nSPS) is 21.2. The molecule has 5 rings (SSSR count). The lowest BCUT2D eigenvalue weighted by Gasteiger charge is -2.24. The lowest BCUT2D eigenvalue weighted by atomic mass is 9.85. The van der Waals surface area contributed by atoms with Gasteiger partial charge in [-0.15, -0.1) is 0 Å². The van der Waals surface area contributed by atoms with Crippen LogP contribution in [0.15, 0.2) is 36.7 Å². The zero-order chi connectivity index (χ0) is 25.4. The first-order valence-electron chi connectivity index (χ1n) is 12.3. The van der Waals surface area contributed by atoms with Gasteiger partial charge in [-0.3, -0.25) is 4.98 Å². The van der Waals surface area contributed by atoms with Crippen molar-refractivity contribution in [2.75, 3.05) is 51.1 Å². The molecule has 2 atom stereocenters. The van der Waals surface area contributed by atoms with Crippen LogP contribution in [-0.4, -0.2) is 71.9 Å². The molecule has 3 heterocycles. The van der Waals surface area contributed by atoms with Gasteiger partial charge in [-0.1, -0.05) is 18.5 Å². The first-order chi connectivity index (χ1) is 17.3. The van der Waals surface area contributed by atoms with E-state index in [4.69, 9.17) is 21.3 Å². The second kappa shape index (κ2) is 9.84. The van der Waals surface area contributed by atoms with E-state index >= 15 is 0 Å². The summed E-state index contributed by atoms with van der Waals surface area (Å²) >= 11 is 6.73. The molecule has 1 aromatic carbocycles. The van der Waals surface area contributed by atoms with Crippen molar-refractivity contribution >= 4 is 28.9 Å². The van der Waals surface area contributed by atoms with Crippen molar-refractivity contribution < 1.29 is 9.84 Å². The molecule has 3 aromatic rings. The second-order valence-corrected chi connectivity index (χ2v) is 10.6. The first kappa shape index (κ1) is 24.7. The molecule has 1 fully saturated rings. The number of aryl methyl sites for hydroxylation is 1. The molecule has 2 N–H and O–H groups in total. The number of benzene rings is 1. The van der Waals surface area contributed by atoms with E-state index in [0.717, 1.165) is 60.6 Å². The maximum Gasteiger partial charge on any atom is 0.227 e. The minimum absolute atomic E-state index is 0.103. The molecule has 190 valence electrons. The molecule has 2 aromatic heterocycles. The molecule has 1 saturated heterocycles. The summed E-state index contributed by atoms with van der Waals surface area (Å²) in [6.07, 6.45) is 6.44. The van der Waals surface area contributed by atoms with Gasteiger partial charge >= 0.3 is 0 Å². The van der Waals surface area contributed by atoms with E-state index in [1.165, 1.54) is 0 Å². The zero-order valence-corrected chi connectivity index (χ0v) is 22.0. The molecule has 8 nitrogen and oxygen atoms in total. The molecule has 2 aliphatic rings. The smallest absolute Gasteiger partial charge is 0.227 e. The van der Waals surface area contributed by atoms with Gasteiger partial charge in [0.05, 0.1) is 35.8 Å². The van der Waals surface area contributed by atoms with E-state index in [1.54, 1.807) is 13.3 Å². The van der Waals surface area contributed by atoms with Crippen molar-refractivity contribution in [2.45, 2.75) is 37.6 Å². The van der Waals surface area contributed by atoms with E-state index < -0.39 is 0 Å². The van der Waals surface area contributed by atoms with E-state index in [2.05, 4.69) is 52.2 Å². The number of hydrogen-bond donors (Lipinski definition) is 2. The predicted molar refractivity (Wildman–Crippen MR) is 144 cm³/mol. The van der Waals surface area contributed by atoms with E-state index in [0.29, 0.717) is 28.4 Å². The number of aliphatic hydroxyl groups is 1. The standard InChI is InChI=1S/C27H33ClN6O2/c1-27(16-35)8-5-22-19(27)11-17(14-30-22)21-6-9-29-26(31-21)32-23-12-20(28)24(13-25(23)36-4)34-10-7-18(15-34)33(2)3/h6,9,11-14,18,35H,5,7-8,10,15-16H2,1-4H3,(H,29,31,32). The van der Waals surface area contributed by atoms with Crippen LogP contribution in [-0.2, 0) is 11.8 Å². The molecule has 0 saturated carbocycles. The molecule has 36 heavy (non-hydrogen) atoms. The Balaban J connectivity index is 1.40. The van der Waals surface area contributed by atoms with Crippen molar-refractivity contribution in [3.05, 3.63) is 52.9 Å². The molecule has 1 aliphatic carbocycles. The molecule has 2 unspecified atom stereocenters. The fourth-order valence-corrected chi connectivity index (χ4v) is 5.47. The predicted octanol–water partition coefficient (Wildman–Crippen LogP) is 4.28. The summed E-state index contributed by atoms with van der Waals surface area (Å²) in [5.41, 5.74) is 5.20. The van der Waals surface area contributed by atoms with Crippen molar-refractivity contribution in [3.8, 4) is 17.0 Å². The summed E-state index contributed by atoms with van der Waals surface area (Å²) in [6.45, 7) is 4.07. The van der Waals surface area contributed by atoms with Gasteiger partial charge in [0.1, 0.15) is 5.75 Å². The fourth-order valence-electron chi connectivity index (χ4n) is 5.18. The Hall–Kier alpha value is -2.94. The maximum absolute atomic E-state index is 9.95.